The van der Waals surface area contributed by atoms with Crippen molar-refractivity contribution in [2.45, 2.75) is 44.6 Å². The van der Waals surface area contributed by atoms with Crippen LogP contribution in [0.1, 0.15) is 31.7 Å². The van der Waals surface area contributed by atoms with E-state index in [1.807, 2.05) is 6.92 Å². The molecular weight excluding hydrogens is 353 g/mol. The lowest BCUT2D eigenvalue weighted by Gasteiger charge is -2.56. The number of benzene rings is 1. The average molecular weight is 374 g/mol. The van der Waals surface area contributed by atoms with Gasteiger partial charge in [0.15, 0.2) is 0 Å². The molecule has 1 aliphatic carbocycles. The molecule has 1 N–H and O–H groups in total. The number of piperidine rings is 1. The summed E-state index contributed by atoms with van der Waals surface area (Å²) in [5.41, 5.74) is -2.21. The zero-order chi connectivity index (χ0) is 19.1. The van der Waals surface area contributed by atoms with Crippen molar-refractivity contribution in [3.63, 3.8) is 0 Å². The number of ether oxygens (including phenoxy) is 1. The van der Waals surface area contributed by atoms with Crippen LogP contribution in [0.3, 0.4) is 0 Å². The number of rotatable bonds is 4. The molecule has 144 valence electrons. The van der Waals surface area contributed by atoms with Crippen LogP contribution in [0.5, 0.6) is 0 Å². The monoisotopic (exact) mass is 374 g/mol. The number of nitro groups is 1. The summed E-state index contributed by atoms with van der Waals surface area (Å²) in [6, 6.07) is 3.10. The van der Waals surface area contributed by atoms with Gasteiger partial charge in [-0.3, -0.25) is 10.1 Å². The molecule has 1 aromatic carbocycles. The van der Waals surface area contributed by atoms with Gasteiger partial charge in [0, 0.05) is 43.3 Å². The first kappa shape index (κ1) is 18.9. The van der Waals surface area contributed by atoms with E-state index in [1.165, 1.54) is 6.07 Å². The summed E-state index contributed by atoms with van der Waals surface area (Å²) < 4.78 is 45.2. The number of aliphatic hydroxyl groups is 1. The highest BCUT2D eigenvalue weighted by Crippen LogP contribution is 2.51. The Balaban J connectivity index is 1.79. The maximum Gasteiger partial charge on any atom is 0.423 e. The Morgan fingerprint density at radius 2 is 2.04 bits per heavy atom. The van der Waals surface area contributed by atoms with Gasteiger partial charge in [0.25, 0.3) is 5.69 Å². The van der Waals surface area contributed by atoms with Crippen LogP contribution in [0, 0.1) is 15.5 Å². The minimum absolute atomic E-state index is 0.0211. The molecule has 3 rings (SSSR count). The molecule has 1 aliphatic heterocycles. The lowest BCUT2D eigenvalue weighted by molar-refractivity contribution is -0.388. The molecule has 6 nitrogen and oxygen atoms in total. The average Bonchev–Trinajstić information content (AvgIpc) is 2.60. The Kier molecular flexibility index (Phi) is 4.87. The lowest BCUT2D eigenvalue weighted by atomic mass is 9.58. The number of nitro benzene ring substituents is 1. The molecule has 1 aromatic rings. The third-order valence-electron chi connectivity index (χ3n) is 5.65. The molecule has 0 aromatic heterocycles. The maximum atomic E-state index is 13.2. The van der Waals surface area contributed by atoms with Crippen LogP contribution in [-0.4, -0.2) is 41.9 Å². The molecule has 9 heteroatoms. The summed E-state index contributed by atoms with van der Waals surface area (Å²) in [7, 11) is 0. The molecule has 1 spiro atoms. The highest BCUT2D eigenvalue weighted by Gasteiger charge is 2.56. The number of hydrogen-bond acceptors (Lipinski definition) is 5. The largest absolute Gasteiger partial charge is 0.423 e. The van der Waals surface area contributed by atoms with Crippen molar-refractivity contribution >= 4 is 11.4 Å². The molecule has 2 fully saturated rings. The third-order valence-corrected chi connectivity index (χ3v) is 5.65. The molecule has 2 aliphatic rings. The van der Waals surface area contributed by atoms with E-state index in [0.717, 1.165) is 12.1 Å². The van der Waals surface area contributed by atoms with Crippen LogP contribution in [0.25, 0.3) is 0 Å². The first-order valence-electron chi connectivity index (χ1n) is 8.59. The van der Waals surface area contributed by atoms with Crippen LogP contribution >= 0.6 is 0 Å². The topological polar surface area (TPSA) is 75.8 Å². The second-order valence-electron chi connectivity index (χ2n) is 6.87. The van der Waals surface area contributed by atoms with Crippen molar-refractivity contribution in [1.82, 2.24) is 0 Å². The van der Waals surface area contributed by atoms with Crippen LogP contribution < -0.4 is 4.90 Å². The number of halogens is 3. The van der Waals surface area contributed by atoms with Gasteiger partial charge in [-0.1, -0.05) is 0 Å². The standard InChI is InChI=1S/C17H21F3N2O4/c1-2-26-15-10-14(23)16(15)5-7-21(8-6-16)11-3-4-13(22(24)25)12(9-11)17(18,19)20/h3-4,9,14-15,23H,2,5-8,10H2,1H3. The maximum absolute atomic E-state index is 13.2. The Labute approximate surface area is 148 Å². The zero-order valence-corrected chi connectivity index (χ0v) is 14.3. The molecule has 0 amide bonds. The quantitative estimate of drug-likeness (QED) is 0.646. The van der Waals surface area contributed by atoms with Crippen molar-refractivity contribution in [1.29, 1.82) is 0 Å². The summed E-state index contributed by atoms with van der Waals surface area (Å²) in [4.78, 5) is 11.6. The second kappa shape index (κ2) is 6.70. The van der Waals surface area contributed by atoms with Crippen LogP contribution in [0.4, 0.5) is 24.5 Å². The van der Waals surface area contributed by atoms with Gasteiger partial charge in [0.1, 0.15) is 5.56 Å². The van der Waals surface area contributed by atoms with Gasteiger partial charge < -0.3 is 14.7 Å². The second-order valence-corrected chi connectivity index (χ2v) is 6.87. The number of aliphatic hydroxyl groups excluding tert-OH is 1. The fraction of sp³-hybridized carbons (Fsp3) is 0.647. The van der Waals surface area contributed by atoms with E-state index >= 15 is 0 Å². The van der Waals surface area contributed by atoms with Gasteiger partial charge in [-0.15, -0.1) is 0 Å². The van der Waals surface area contributed by atoms with E-state index in [1.54, 1.807) is 4.90 Å². The molecule has 0 bridgehead atoms. The van der Waals surface area contributed by atoms with Gasteiger partial charge in [0.05, 0.1) is 17.1 Å². The normalized spacial score (nSPS) is 25.2. The predicted octanol–water partition coefficient (Wildman–Crippen LogP) is 3.37. The molecular formula is C17H21F3N2O4. The Hall–Kier alpha value is -1.87. The summed E-state index contributed by atoms with van der Waals surface area (Å²) in [6.45, 7) is 3.38. The third kappa shape index (κ3) is 3.14. The number of anilines is 1. The van der Waals surface area contributed by atoms with Crippen LogP contribution in [0.15, 0.2) is 18.2 Å². The molecule has 1 saturated heterocycles. The van der Waals surface area contributed by atoms with E-state index in [9.17, 15) is 28.4 Å². The van der Waals surface area contributed by atoms with Crippen LogP contribution in [0.2, 0.25) is 0 Å². The lowest BCUT2D eigenvalue weighted by Crippen LogP contribution is -2.62. The first-order chi connectivity index (χ1) is 12.2. The van der Waals surface area contributed by atoms with Crippen molar-refractivity contribution < 1.29 is 27.9 Å². The van der Waals surface area contributed by atoms with Crippen molar-refractivity contribution in [2.24, 2.45) is 5.41 Å². The van der Waals surface area contributed by atoms with E-state index in [0.29, 0.717) is 44.6 Å². The molecule has 2 unspecified atom stereocenters. The molecule has 1 heterocycles. The summed E-state index contributed by atoms with van der Waals surface area (Å²) in [5, 5.41) is 21.1. The van der Waals surface area contributed by atoms with E-state index in [4.69, 9.17) is 4.74 Å². The van der Waals surface area contributed by atoms with E-state index in [-0.39, 0.29) is 11.5 Å². The summed E-state index contributed by atoms with van der Waals surface area (Å²) in [5.74, 6) is 0. The Bertz CT molecular complexity index is 685. The molecule has 26 heavy (non-hydrogen) atoms. The smallest absolute Gasteiger partial charge is 0.392 e. The fourth-order valence-corrected chi connectivity index (χ4v) is 4.10. The first-order valence-corrected chi connectivity index (χ1v) is 8.59. The zero-order valence-electron chi connectivity index (χ0n) is 14.3. The van der Waals surface area contributed by atoms with Crippen LogP contribution in [-0.2, 0) is 10.9 Å². The van der Waals surface area contributed by atoms with Gasteiger partial charge in [-0.25, -0.2) is 0 Å². The van der Waals surface area contributed by atoms with E-state index in [2.05, 4.69) is 0 Å². The van der Waals surface area contributed by atoms with Gasteiger partial charge >= 0.3 is 6.18 Å². The van der Waals surface area contributed by atoms with Crippen molar-refractivity contribution in [2.75, 3.05) is 24.6 Å². The van der Waals surface area contributed by atoms with Crippen molar-refractivity contribution in [3.8, 4) is 0 Å². The number of nitrogens with zero attached hydrogens (tertiary/aromatic N) is 2. The molecule has 1 saturated carbocycles. The predicted molar refractivity (Wildman–Crippen MR) is 88.0 cm³/mol. The SMILES string of the molecule is CCOC1CC(O)C12CCN(c1ccc([N+](=O)[O-])c(C(F)(F)F)c1)CC2. The summed E-state index contributed by atoms with van der Waals surface area (Å²) in [6.07, 6.45) is -3.46. The Morgan fingerprint density at radius 1 is 1.38 bits per heavy atom. The summed E-state index contributed by atoms with van der Waals surface area (Å²) >= 11 is 0. The highest BCUT2D eigenvalue weighted by atomic mass is 19.4. The van der Waals surface area contributed by atoms with Crippen molar-refractivity contribution in [3.05, 3.63) is 33.9 Å². The Morgan fingerprint density at radius 3 is 2.54 bits per heavy atom. The van der Waals surface area contributed by atoms with E-state index < -0.39 is 28.5 Å². The number of alkyl halides is 3. The van der Waals surface area contributed by atoms with Gasteiger partial charge in [-0.05, 0) is 31.9 Å². The fourth-order valence-electron chi connectivity index (χ4n) is 4.10. The highest BCUT2D eigenvalue weighted by molar-refractivity contribution is 5.57. The minimum Gasteiger partial charge on any atom is -0.392 e. The molecule has 0 radical (unpaired) electrons. The van der Waals surface area contributed by atoms with Gasteiger partial charge in [-0.2, -0.15) is 13.2 Å². The number of hydrogen-bond donors (Lipinski definition) is 1. The molecule has 2 atom stereocenters. The minimum atomic E-state index is -4.79. The van der Waals surface area contributed by atoms with Gasteiger partial charge in [0.2, 0.25) is 0 Å².